The number of likely N-dealkylation sites (tertiary alicyclic amines) is 4. The number of pyridine rings is 4. The highest BCUT2D eigenvalue weighted by Crippen LogP contribution is 2.26. The van der Waals surface area contributed by atoms with Gasteiger partial charge in [0.1, 0.15) is 35.4 Å². The summed E-state index contributed by atoms with van der Waals surface area (Å²) in [5.41, 5.74) is 4.89. The summed E-state index contributed by atoms with van der Waals surface area (Å²) in [4.78, 5) is 136. The highest BCUT2D eigenvalue weighted by Gasteiger charge is 2.40. The van der Waals surface area contributed by atoms with E-state index in [4.69, 9.17) is 29.4 Å². The number of fused-ring (bicyclic) bond motifs is 8. The molecule has 6 aliphatic rings. The van der Waals surface area contributed by atoms with Gasteiger partial charge in [0, 0.05) is 78.5 Å². The third-order valence-corrected chi connectivity index (χ3v) is 16.2. The van der Waals surface area contributed by atoms with Crippen LogP contribution in [-0.2, 0) is 100 Å². The quantitative estimate of drug-likeness (QED) is 0.186. The van der Waals surface area contributed by atoms with Gasteiger partial charge in [0.2, 0.25) is 23.6 Å². The Labute approximate surface area is 514 Å². The van der Waals surface area contributed by atoms with Crippen molar-refractivity contribution >= 4 is 47.5 Å². The Morgan fingerprint density at radius 1 is 0.375 bits per heavy atom. The van der Waals surface area contributed by atoms with Crippen LogP contribution in [0.15, 0.2) is 72.8 Å². The van der Waals surface area contributed by atoms with E-state index < -0.39 is 47.3 Å². The van der Waals surface area contributed by atoms with E-state index in [-0.39, 0.29) is 61.7 Å². The molecule has 0 saturated carbocycles. The van der Waals surface area contributed by atoms with Gasteiger partial charge >= 0.3 is 23.9 Å². The number of aromatic nitrogens is 4. The zero-order valence-electron chi connectivity index (χ0n) is 51.6. The summed E-state index contributed by atoms with van der Waals surface area (Å²) in [6.45, 7) is 16.3. The number of carbonyl (C=O) groups excluding carboxylic acids is 6. The first-order valence-electron chi connectivity index (χ1n) is 30.7. The molecule has 24 nitrogen and oxygen atoms in total. The predicted molar refractivity (Wildman–Crippen MR) is 319 cm³/mol. The molecule has 0 spiro atoms. The predicted octanol–water partition coefficient (Wildman–Crippen LogP) is 4.41. The second-order valence-corrected chi connectivity index (χ2v) is 25.8. The number of carboxylic acids is 2. The fourth-order valence-corrected chi connectivity index (χ4v) is 12.5. The van der Waals surface area contributed by atoms with Gasteiger partial charge in [-0.3, -0.25) is 58.7 Å². The largest absolute Gasteiger partial charge is 0.480 e. The number of esters is 2. The van der Waals surface area contributed by atoms with Crippen molar-refractivity contribution in [1.82, 2.24) is 59.1 Å². The van der Waals surface area contributed by atoms with E-state index in [1.165, 1.54) is 9.80 Å². The molecule has 4 fully saturated rings. The molecule has 2 N–H and O–H groups in total. The smallest absolute Gasteiger partial charge is 0.329 e. The van der Waals surface area contributed by atoms with Gasteiger partial charge in [-0.1, -0.05) is 24.3 Å². The molecule has 10 rings (SSSR count). The fourth-order valence-electron chi connectivity index (χ4n) is 12.5. The van der Waals surface area contributed by atoms with E-state index in [0.717, 1.165) is 58.4 Å². The number of ether oxygens (including phenoxy) is 2. The number of carboxylic acid groups (broad SMARTS) is 2. The number of hydrogen-bond acceptors (Lipinski definition) is 18. The van der Waals surface area contributed by atoms with Crippen molar-refractivity contribution in [1.29, 1.82) is 0 Å². The molecule has 10 heterocycles. The highest BCUT2D eigenvalue weighted by atomic mass is 16.6. The summed E-state index contributed by atoms with van der Waals surface area (Å²) in [6.07, 6.45) is 4.94. The highest BCUT2D eigenvalue weighted by molar-refractivity contribution is 5.88. The van der Waals surface area contributed by atoms with E-state index in [2.05, 4.69) is 0 Å². The molecule has 0 radical (unpaired) electrons. The first-order valence-corrected chi connectivity index (χ1v) is 30.7. The fraction of sp³-hybridized carbons (Fsp3) is 0.562. The van der Waals surface area contributed by atoms with E-state index in [1.54, 1.807) is 9.80 Å². The molecule has 0 aromatic carbocycles. The van der Waals surface area contributed by atoms with Gasteiger partial charge in [0.15, 0.2) is 0 Å². The van der Waals surface area contributed by atoms with Crippen molar-refractivity contribution in [2.24, 2.45) is 0 Å². The number of hydrogen-bond donors (Lipinski definition) is 2. The van der Waals surface area contributed by atoms with Crippen LogP contribution in [0.4, 0.5) is 0 Å². The second-order valence-electron chi connectivity index (χ2n) is 25.8. The standard InChI is InChI=1S/C36H50N6O6.C28H34N6O6/c1-35(2,3)47-33(45)29-15-9-17-41(29)31(43)23-39-19-25-11-7-13-27(37-25)21-40(22-28-14-8-12-26(20-39)38-28)24-32(44)42-18-10-16-30(42)34(46)48-36(4,5)6;35-25(33-11-3-9-23(33)27(37)38)17-31-13-19-5-1-6-20(29-19)14-32(16-22-8-2-7-21(15-31)30-22)18-26(36)34-12-4-10-24(34)28(39)40/h7-8,11-14,29-30H,9-10,15-24H2,1-6H3;1-2,5-8,23-24H,3-4,9-18H2,(H,37,38)(H,39,40). The van der Waals surface area contributed by atoms with Gasteiger partial charge in [0.25, 0.3) is 0 Å². The minimum atomic E-state index is -0.977. The van der Waals surface area contributed by atoms with Gasteiger partial charge < -0.3 is 39.3 Å². The maximum Gasteiger partial charge on any atom is 0.329 e. The Morgan fingerprint density at radius 2 is 0.580 bits per heavy atom. The number of nitrogens with zero attached hydrogens (tertiary/aromatic N) is 12. The third-order valence-electron chi connectivity index (χ3n) is 16.2. The zero-order chi connectivity index (χ0) is 62.9. The molecule has 0 aliphatic carbocycles. The summed E-state index contributed by atoms with van der Waals surface area (Å²) in [6, 6.07) is 20.2. The van der Waals surface area contributed by atoms with Gasteiger partial charge in [-0.05, 0) is 141 Å². The Morgan fingerprint density at radius 3 is 0.784 bits per heavy atom. The van der Waals surface area contributed by atoms with Crippen LogP contribution in [0.5, 0.6) is 0 Å². The lowest BCUT2D eigenvalue weighted by Crippen LogP contribution is -2.47. The maximum atomic E-state index is 13.7. The van der Waals surface area contributed by atoms with Crippen LogP contribution in [0.2, 0.25) is 0 Å². The van der Waals surface area contributed by atoms with Crippen LogP contribution in [0.3, 0.4) is 0 Å². The van der Waals surface area contributed by atoms with Crippen molar-refractivity contribution in [3.63, 3.8) is 0 Å². The lowest BCUT2D eigenvalue weighted by Gasteiger charge is -2.30. The molecule has 4 amide bonds. The van der Waals surface area contributed by atoms with Crippen molar-refractivity contribution in [2.75, 3.05) is 52.4 Å². The Kier molecular flexibility index (Phi) is 21.0. The molecular weight excluding hydrogens is 1130 g/mol. The minimum absolute atomic E-state index is 0.0444. The molecule has 24 heteroatoms. The molecular formula is C64H84N12O12. The topological polar surface area (TPSA) is 273 Å². The second kappa shape index (κ2) is 28.6. The molecule has 4 unspecified atom stereocenters. The summed E-state index contributed by atoms with van der Waals surface area (Å²) in [5, 5.41) is 19.1. The third kappa shape index (κ3) is 17.7. The normalized spacial score (nSPS) is 21.4. The molecule has 4 atom stereocenters. The lowest BCUT2D eigenvalue weighted by atomic mass is 10.1. The van der Waals surface area contributed by atoms with Gasteiger partial charge in [-0.2, -0.15) is 0 Å². The Bertz CT molecular complexity index is 2910. The van der Waals surface area contributed by atoms with E-state index in [0.29, 0.717) is 117 Å². The van der Waals surface area contributed by atoms with Crippen molar-refractivity contribution in [3.05, 3.63) is 118 Å². The SMILES string of the molecule is CC(C)(C)OC(=O)C1CCCN1C(=O)CN1Cc2cccc(n2)CN(CC(=O)N2CCCC2C(=O)OC(C)(C)C)Cc2cccc(n2)C1.O=C(O)C1CCCN1C(=O)CN1Cc2cccc(n2)CN(CC(=O)N2CCCC2C(=O)O)Cc2cccc(n2)C1. The van der Waals surface area contributed by atoms with Crippen LogP contribution >= 0.6 is 0 Å². The first-order chi connectivity index (χ1) is 41.9. The average molecular weight is 1210 g/mol. The number of amides is 4. The number of rotatable bonds is 12. The molecule has 88 heavy (non-hydrogen) atoms. The van der Waals surface area contributed by atoms with Crippen LogP contribution in [0.25, 0.3) is 0 Å². The van der Waals surface area contributed by atoms with Gasteiger partial charge in [-0.25, -0.2) is 19.2 Å². The van der Waals surface area contributed by atoms with Crippen molar-refractivity contribution < 1.29 is 58.0 Å². The van der Waals surface area contributed by atoms with Crippen LogP contribution in [0.1, 0.15) is 138 Å². The molecule has 6 aliphatic heterocycles. The van der Waals surface area contributed by atoms with E-state index >= 15 is 0 Å². The average Bonchev–Trinajstić information content (AvgIpc) is 4.39. The van der Waals surface area contributed by atoms with E-state index in [1.807, 2.05) is 134 Å². The van der Waals surface area contributed by atoms with Crippen LogP contribution < -0.4 is 0 Å². The monoisotopic (exact) mass is 1210 g/mol. The number of aliphatic carboxylic acids is 2. The van der Waals surface area contributed by atoms with E-state index in [9.17, 15) is 48.6 Å². The molecule has 4 aromatic heterocycles. The molecule has 8 bridgehead atoms. The minimum Gasteiger partial charge on any atom is -0.480 e. The molecule has 472 valence electrons. The van der Waals surface area contributed by atoms with Crippen molar-refractivity contribution in [3.8, 4) is 0 Å². The van der Waals surface area contributed by atoms with Gasteiger partial charge in [0.05, 0.1) is 71.7 Å². The first kappa shape index (κ1) is 64.7. The van der Waals surface area contributed by atoms with Crippen LogP contribution in [-0.4, -0.2) is 205 Å². The van der Waals surface area contributed by atoms with Gasteiger partial charge in [-0.15, -0.1) is 0 Å². The summed E-state index contributed by atoms with van der Waals surface area (Å²) in [5.74, 6) is -3.38. The maximum absolute atomic E-state index is 13.7. The summed E-state index contributed by atoms with van der Waals surface area (Å²) >= 11 is 0. The lowest BCUT2D eigenvalue weighted by molar-refractivity contribution is -0.163. The molecule has 4 aromatic rings. The van der Waals surface area contributed by atoms with Crippen LogP contribution in [0, 0.1) is 0 Å². The summed E-state index contributed by atoms with van der Waals surface area (Å²) < 4.78 is 11.2. The zero-order valence-corrected chi connectivity index (χ0v) is 51.6. The Hall–Kier alpha value is -7.80. The number of carbonyl (C=O) groups is 8. The van der Waals surface area contributed by atoms with Crippen molar-refractivity contribution in [2.45, 2.75) is 181 Å². The summed E-state index contributed by atoms with van der Waals surface area (Å²) in [7, 11) is 0. The Balaban J connectivity index is 0.000000213. The molecule has 4 saturated heterocycles.